The summed E-state index contributed by atoms with van der Waals surface area (Å²) in [5.41, 5.74) is 5.07. The number of amides is 1. The van der Waals surface area contributed by atoms with E-state index < -0.39 is 0 Å². The number of aromatic nitrogens is 2. The number of carbonyl (C=O) groups is 1. The smallest absolute Gasteiger partial charge is 0.227 e. The monoisotopic (exact) mass is 459 g/mol. The molecule has 0 saturated carbocycles. The van der Waals surface area contributed by atoms with Crippen molar-refractivity contribution in [3.63, 3.8) is 0 Å². The van der Waals surface area contributed by atoms with Crippen LogP contribution in [0.5, 0.6) is 11.5 Å². The molecule has 2 aromatic carbocycles. The van der Waals surface area contributed by atoms with Gasteiger partial charge in [-0.1, -0.05) is 49.6 Å². The Morgan fingerprint density at radius 1 is 1.21 bits per heavy atom. The molecule has 3 aromatic rings. The number of rotatable bonds is 7. The summed E-state index contributed by atoms with van der Waals surface area (Å²) in [5.74, 6) is 1.73. The molecule has 0 bridgehead atoms. The Labute approximate surface area is 201 Å². The van der Waals surface area contributed by atoms with Crippen molar-refractivity contribution in [1.29, 1.82) is 0 Å². The molecule has 178 valence electrons. The van der Waals surface area contributed by atoms with Crippen molar-refractivity contribution in [1.82, 2.24) is 10.2 Å². The topological polar surface area (TPSA) is 67.4 Å². The van der Waals surface area contributed by atoms with E-state index in [9.17, 15) is 4.79 Å². The number of benzene rings is 2. The maximum atomic E-state index is 13.0. The fraction of sp³-hybridized carbons (Fsp3) is 0.286. The SMILES string of the molecule is C=CC=C.Cc1cccc(OCCCC(=O)N2CCCOc3c(-c4cn[nH]c4)cccc32)c1C. The molecule has 0 spiro atoms. The fourth-order valence-electron chi connectivity index (χ4n) is 3.71. The van der Waals surface area contributed by atoms with Crippen LogP contribution in [0.15, 0.2) is 74.1 Å². The average Bonchev–Trinajstić information content (AvgIpc) is 3.30. The largest absolute Gasteiger partial charge is 0.493 e. The van der Waals surface area contributed by atoms with Gasteiger partial charge >= 0.3 is 0 Å². The van der Waals surface area contributed by atoms with E-state index >= 15 is 0 Å². The Kier molecular flexibility index (Phi) is 9.09. The van der Waals surface area contributed by atoms with E-state index in [1.165, 1.54) is 5.56 Å². The van der Waals surface area contributed by atoms with Crippen molar-refractivity contribution in [2.75, 3.05) is 24.7 Å². The van der Waals surface area contributed by atoms with Gasteiger partial charge in [0.25, 0.3) is 0 Å². The summed E-state index contributed by atoms with van der Waals surface area (Å²) >= 11 is 0. The number of hydrogen-bond donors (Lipinski definition) is 1. The second kappa shape index (κ2) is 12.4. The van der Waals surface area contributed by atoms with Crippen LogP contribution in [0.2, 0.25) is 0 Å². The number of fused-ring (bicyclic) bond motifs is 1. The molecule has 0 unspecified atom stereocenters. The second-order valence-corrected chi connectivity index (χ2v) is 8.01. The van der Waals surface area contributed by atoms with E-state index in [1.807, 2.05) is 41.4 Å². The number of nitrogens with one attached hydrogen (secondary N) is 1. The molecule has 0 fully saturated rings. The third-order valence-corrected chi connectivity index (χ3v) is 5.68. The van der Waals surface area contributed by atoms with Crippen LogP contribution in [0.4, 0.5) is 5.69 Å². The first kappa shape index (κ1) is 24.8. The highest BCUT2D eigenvalue weighted by Crippen LogP contribution is 2.40. The third-order valence-electron chi connectivity index (χ3n) is 5.68. The van der Waals surface area contributed by atoms with Gasteiger partial charge in [0, 0.05) is 30.3 Å². The van der Waals surface area contributed by atoms with Crippen molar-refractivity contribution in [2.45, 2.75) is 33.1 Å². The first-order valence-electron chi connectivity index (χ1n) is 11.5. The minimum atomic E-state index is 0.0932. The summed E-state index contributed by atoms with van der Waals surface area (Å²) in [7, 11) is 0. The molecule has 6 nitrogen and oxygen atoms in total. The second-order valence-electron chi connectivity index (χ2n) is 8.01. The zero-order valence-electron chi connectivity index (χ0n) is 20.0. The van der Waals surface area contributed by atoms with E-state index in [0.717, 1.165) is 40.3 Å². The number of carbonyl (C=O) groups excluding carboxylic acids is 1. The molecule has 0 aliphatic carbocycles. The number of hydrogen-bond acceptors (Lipinski definition) is 4. The van der Waals surface area contributed by atoms with Crippen LogP contribution in [0.1, 0.15) is 30.4 Å². The van der Waals surface area contributed by atoms with E-state index in [-0.39, 0.29) is 5.91 Å². The van der Waals surface area contributed by atoms with Crippen LogP contribution in [0.25, 0.3) is 11.1 Å². The molecule has 2 heterocycles. The van der Waals surface area contributed by atoms with Gasteiger partial charge in [-0.25, -0.2) is 0 Å². The maximum Gasteiger partial charge on any atom is 0.227 e. The van der Waals surface area contributed by atoms with Crippen molar-refractivity contribution >= 4 is 11.6 Å². The van der Waals surface area contributed by atoms with Gasteiger partial charge in [-0.05, 0) is 49.9 Å². The zero-order chi connectivity index (χ0) is 24.3. The predicted octanol–water partition coefficient (Wildman–Crippen LogP) is 6.03. The predicted molar refractivity (Wildman–Crippen MR) is 138 cm³/mol. The molecule has 34 heavy (non-hydrogen) atoms. The summed E-state index contributed by atoms with van der Waals surface area (Å²) in [5, 5.41) is 6.88. The summed E-state index contributed by atoms with van der Waals surface area (Å²) < 4.78 is 11.9. The van der Waals surface area contributed by atoms with Gasteiger partial charge in [0.05, 0.1) is 25.1 Å². The summed E-state index contributed by atoms with van der Waals surface area (Å²) in [6, 6.07) is 11.9. The lowest BCUT2D eigenvalue weighted by Crippen LogP contribution is -2.31. The molecule has 1 aliphatic rings. The molecule has 1 aromatic heterocycles. The van der Waals surface area contributed by atoms with E-state index in [1.54, 1.807) is 18.3 Å². The average molecular weight is 460 g/mol. The van der Waals surface area contributed by atoms with Gasteiger partial charge in [-0.3, -0.25) is 9.89 Å². The highest BCUT2D eigenvalue weighted by atomic mass is 16.5. The quantitative estimate of drug-likeness (QED) is 0.346. The Bertz CT molecular complexity index is 1100. The van der Waals surface area contributed by atoms with Gasteiger partial charge < -0.3 is 14.4 Å². The molecule has 6 heteroatoms. The Balaban J connectivity index is 0.000000751. The summed E-state index contributed by atoms with van der Waals surface area (Å²) in [6.45, 7) is 12.6. The van der Waals surface area contributed by atoms with Gasteiger partial charge in [0.15, 0.2) is 5.75 Å². The minimum absolute atomic E-state index is 0.0932. The van der Waals surface area contributed by atoms with Crippen LogP contribution >= 0.6 is 0 Å². The molecule has 1 aliphatic heterocycles. The number of anilines is 1. The molecule has 4 rings (SSSR count). The van der Waals surface area contributed by atoms with Gasteiger partial charge in [0.1, 0.15) is 5.75 Å². The lowest BCUT2D eigenvalue weighted by atomic mass is 10.1. The molecule has 0 radical (unpaired) electrons. The van der Waals surface area contributed by atoms with Crippen molar-refractivity contribution in [2.24, 2.45) is 0 Å². The first-order valence-corrected chi connectivity index (χ1v) is 11.5. The number of nitrogens with zero attached hydrogens (tertiary/aromatic N) is 2. The van der Waals surface area contributed by atoms with Gasteiger partial charge in [-0.2, -0.15) is 5.10 Å². The molecular weight excluding hydrogens is 426 g/mol. The lowest BCUT2D eigenvalue weighted by molar-refractivity contribution is -0.118. The molecule has 0 atom stereocenters. The summed E-state index contributed by atoms with van der Waals surface area (Å²) in [4.78, 5) is 14.9. The van der Waals surface area contributed by atoms with Crippen LogP contribution in [-0.2, 0) is 4.79 Å². The standard InChI is InChI=1S/C24H27N3O3.C4H6/c1-17-7-3-10-22(18(17)2)29-13-5-11-23(28)27-12-6-14-30-24-20(8-4-9-21(24)27)19-15-25-26-16-19;1-3-4-2/h3-4,7-10,15-16H,5-6,11-14H2,1-2H3,(H,25,26);3-4H,1-2H2. The van der Waals surface area contributed by atoms with Crippen LogP contribution < -0.4 is 14.4 Å². The van der Waals surface area contributed by atoms with Crippen LogP contribution in [0.3, 0.4) is 0 Å². The molecule has 1 amide bonds. The van der Waals surface area contributed by atoms with Crippen molar-refractivity contribution in [3.8, 4) is 22.6 Å². The maximum absolute atomic E-state index is 13.0. The van der Waals surface area contributed by atoms with Crippen LogP contribution in [-0.4, -0.2) is 35.9 Å². The number of allylic oxidation sites excluding steroid dienone is 2. The Morgan fingerprint density at radius 3 is 2.74 bits per heavy atom. The van der Waals surface area contributed by atoms with E-state index in [0.29, 0.717) is 32.6 Å². The Morgan fingerprint density at radius 2 is 2.00 bits per heavy atom. The van der Waals surface area contributed by atoms with E-state index in [2.05, 4.69) is 43.3 Å². The first-order chi connectivity index (χ1) is 16.6. The number of aryl methyl sites for hydroxylation is 1. The minimum Gasteiger partial charge on any atom is -0.493 e. The zero-order valence-corrected chi connectivity index (χ0v) is 20.0. The number of para-hydroxylation sites is 1. The molecule has 1 N–H and O–H groups in total. The van der Waals surface area contributed by atoms with Crippen molar-refractivity contribution < 1.29 is 14.3 Å². The molecule has 0 saturated heterocycles. The number of ether oxygens (including phenoxy) is 2. The Hall–Kier alpha value is -3.80. The lowest BCUT2D eigenvalue weighted by Gasteiger charge is -2.23. The fourth-order valence-corrected chi connectivity index (χ4v) is 3.71. The summed E-state index contributed by atoms with van der Waals surface area (Å²) in [6.07, 6.45) is 8.77. The highest BCUT2D eigenvalue weighted by molar-refractivity contribution is 5.96. The normalized spacial score (nSPS) is 12.4. The van der Waals surface area contributed by atoms with E-state index in [4.69, 9.17) is 9.47 Å². The number of aromatic amines is 1. The van der Waals surface area contributed by atoms with Gasteiger partial charge in [0.2, 0.25) is 5.91 Å². The number of H-pyrrole nitrogens is 1. The van der Waals surface area contributed by atoms with Crippen LogP contribution in [0, 0.1) is 13.8 Å². The van der Waals surface area contributed by atoms with Crippen molar-refractivity contribution in [3.05, 3.63) is 85.2 Å². The van der Waals surface area contributed by atoms with Gasteiger partial charge in [-0.15, -0.1) is 0 Å². The third kappa shape index (κ3) is 6.16. The molecular formula is C28H33N3O3. The highest BCUT2D eigenvalue weighted by Gasteiger charge is 2.24.